The Hall–Kier alpha value is -1.30. The summed E-state index contributed by atoms with van der Waals surface area (Å²) in [6, 6.07) is 6.37. The molecule has 0 bridgehead atoms. The van der Waals surface area contributed by atoms with Crippen molar-refractivity contribution in [3.63, 3.8) is 0 Å². The third kappa shape index (κ3) is 3.06. The molecule has 5 nitrogen and oxygen atoms in total. The van der Waals surface area contributed by atoms with Gasteiger partial charge in [0.2, 0.25) is 5.82 Å². The van der Waals surface area contributed by atoms with Crippen LogP contribution in [0.25, 0.3) is 11.4 Å². The highest BCUT2D eigenvalue weighted by Gasteiger charge is 2.35. The molecule has 0 aliphatic rings. The summed E-state index contributed by atoms with van der Waals surface area (Å²) in [5.74, 6) is -0.975. The van der Waals surface area contributed by atoms with Crippen LogP contribution in [0, 0.1) is 0 Å². The lowest BCUT2D eigenvalue weighted by Crippen LogP contribution is -2.14. The number of hydrogen-bond donors (Lipinski definition) is 1. The summed E-state index contributed by atoms with van der Waals surface area (Å²) in [5, 5.41) is 3.07. The SMILES string of the molecule is CNP(C)(=O)c1ccc(-c2noc(C(F)(F)Cl)n2)cc1. The van der Waals surface area contributed by atoms with Gasteiger partial charge in [-0.3, -0.25) is 5.09 Å². The maximum atomic E-state index is 12.8. The Morgan fingerprint density at radius 1 is 1.35 bits per heavy atom. The monoisotopic (exact) mass is 321 g/mol. The first-order valence-electron chi connectivity index (χ1n) is 5.52. The molecule has 2 rings (SSSR count). The molecule has 108 valence electrons. The molecule has 0 amide bonds. The fourth-order valence-corrected chi connectivity index (χ4v) is 2.53. The zero-order valence-electron chi connectivity index (χ0n) is 10.6. The summed E-state index contributed by atoms with van der Waals surface area (Å²) in [7, 11) is -1.01. The molecule has 0 radical (unpaired) electrons. The maximum absolute atomic E-state index is 12.8. The quantitative estimate of drug-likeness (QED) is 0.693. The van der Waals surface area contributed by atoms with E-state index in [9.17, 15) is 13.3 Å². The Kier molecular flexibility index (Phi) is 3.95. The minimum Gasteiger partial charge on any atom is -0.331 e. The number of hydrogen-bond acceptors (Lipinski definition) is 4. The maximum Gasteiger partial charge on any atom is 0.400 e. The average Bonchev–Trinajstić information content (AvgIpc) is 2.88. The van der Waals surface area contributed by atoms with Crippen molar-refractivity contribution in [2.24, 2.45) is 0 Å². The van der Waals surface area contributed by atoms with E-state index in [4.69, 9.17) is 11.6 Å². The summed E-state index contributed by atoms with van der Waals surface area (Å²) >= 11 is 4.79. The van der Waals surface area contributed by atoms with Crippen LogP contribution >= 0.6 is 18.9 Å². The van der Waals surface area contributed by atoms with Gasteiger partial charge in [-0.25, -0.2) is 0 Å². The van der Waals surface area contributed by atoms with Crippen LogP contribution in [0.4, 0.5) is 8.78 Å². The molecular weight excluding hydrogens is 311 g/mol. The number of benzene rings is 1. The summed E-state index contributed by atoms with van der Waals surface area (Å²) in [6.45, 7) is 1.59. The topological polar surface area (TPSA) is 68.0 Å². The largest absolute Gasteiger partial charge is 0.400 e. The molecule has 20 heavy (non-hydrogen) atoms. The van der Waals surface area contributed by atoms with E-state index in [1.165, 1.54) is 0 Å². The van der Waals surface area contributed by atoms with E-state index in [-0.39, 0.29) is 5.82 Å². The van der Waals surface area contributed by atoms with Crippen molar-refractivity contribution in [2.75, 3.05) is 13.7 Å². The zero-order valence-corrected chi connectivity index (χ0v) is 12.3. The molecule has 1 atom stereocenters. The van der Waals surface area contributed by atoms with Crippen molar-refractivity contribution < 1.29 is 17.9 Å². The lowest BCUT2D eigenvalue weighted by molar-refractivity contribution is 0.0551. The van der Waals surface area contributed by atoms with Crippen molar-refractivity contribution in [3.8, 4) is 11.4 Å². The van der Waals surface area contributed by atoms with Crippen LogP contribution in [-0.4, -0.2) is 23.9 Å². The molecule has 0 saturated heterocycles. The minimum atomic E-state index is -3.70. The van der Waals surface area contributed by atoms with Crippen LogP contribution in [0.5, 0.6) is 0 Å². The van der Waals surface area contributed by atoms with Gasteiger partial charge < -0.3 is 9.09 Å². The first-order chi connectivity index (χ1) is 9.24. The van der Waals surface area contributed by atoms with E-state index in [0.29, 0.717) is 10.9 Å². The van der Waals surface area contributed by atoms with Crippen molar-refractivity contribution in [1.29, 1.82) is 0 Å². The predicted molar refractivity (Wildman–Crippen MR) is 71.7 cm³/mol. The van der Waals surface area contributed by atoms with E-state index in [1.807, 2.05) is 0 Å². The molecule has 2 aromatic rings. The zero-order chi connectivity index (χ0) is 15.0. The smallest absolute Gasteiger partial charge is 0.331 e. The van der Waals surface area contributed by atoms with Gasteiger partial charge in [0.1, 0.15) is 0 Å². The number of nitrogens with one attached hydrogen (secondary N) is 1. The van der Waals surface area contributed by atoms with E-state index in [1.54, 1.807) is 38.0 Å². The molecule has 1 aromatic carbocycles. The number of aromatic nitrogens is 2. The summed E-state index contributed by atoms with van der Waals surface area (Å²) in [4.78, 5) is 3.52. The minimum absolute atomic E-state index is 0.0118. The van der Waals surface area contributed by atoms with Gasteiger partial charge in [0.25, 0.3) is 0 Å². The second kappa shape index (κ2) is 5.24. The molecule has 0 spiro atoms. The van der Waals surface area contributed by atoms with Gasteiger partial charge >= 0.3 is 11.3 Å². The normalized spacial score (nSPS) is 15.1. The molecule has 0 fully saturated rings. The van der Waals surface area contributed by atoms with Crippen LogP contribution in [-0.2, 0) is 9.95 Å². The first-order valence-corrected chi connectivity index (χ1v) is 8.05. The summed E-state index contributed by atoms with van der Waals surface area (Å²) < 4.78 is 42.0. The van der Waals surface area contributed by atoms with Gasteiger partial charge in [0.05, 0.1) is 0 Å². The van der Waals surface area contributed by atoms with E-state index in [2.05, 4.69) is 19.8 Å². The van der Waals surface area contributed by atoms with Gasteiger partial charge in [0, 0.05) is 17.5 Å². The third-order valence-electron chi connectivity index (χ3n) is 2.71. The van der Waals surface area contributed by atoms with E-state index >= 15 is 0 Å². The van der Waals surface area contributed by atoms with E-state index < -0.39 is 18.6 Å². The van der Waals surface area contributed by atoms with Crippen LogP contribution in [0.3, 0.4) is 0 Å². The number of alkyl halides is 3. The molecule has 1 N–H and O–H groups in total. The lowest BCUT2D eigenvalue weighted by Gasteiger charge is -2.11. The van der Waals surface area contributed by atoms with Crippen LogP contribution in [0.15, 0.2) is 28.8 Å². The average molecular weight is 322 g/mol. The lowest BCUT2D eigenvalue weighted by atomic mass is 10.2. The van der Waals surface area contributed by atoms with Crippen molar-refractivity contribution >= 4 is 24.2 Å². The number of rotatable bonds is 4. The van der Waals surface area contributed by atoms with E-state index in [0.717, 1.165) is 0 Å². The standard InChI is InChI=1S/C11H11ClF2N3O2P/c1-15-20(2,18)8-5-3-7(4-6-8)9-16-10(19-17-9)11(12,13)14/h3-6H,1-2H3,(H,15,18). The highest BCUT2D eigenvalue weighted by Crippen LogP contribution is 2.35. The van der Waals surface area contributed by atoms with Crippen molar-refractivity contribution in [1.82, 2.24) is 15.2 Å². The summed E-state index contributed by atoms with van der Waals surface area (Å²) in [5.41, 5.74) is 0.459. The van der Waals surface area contributed by atoms with Gasteiger partial charge in [0.15, 0.2) is 7.29 Å². The molecule has 1 aromatic heterocycles. The number of nitrogens with zero attached hydrogens (tertiary/aromatic N) is 2. The van der Waals surface area contributed by atoms with Gasteiger partial charge in [-0.15, -0.1) is 0 Å². The Labute approximate surface area is 118 Å². The fraction of sp³-hybridized carbons (Fsp3) is 0.273. The Morgan fingerprint density at radius 2 is 1.95 bits per heavy atom. The Morgan fingerprint density at radius 3 is 2.40 bits per heavy atom. The molecule has 1 heterocycles. The van der Waals surface area contributed by atoms with Crippen molar-refractivity contribution in [3.05, 3.63) is 30.2 Å². The van der Waals surface area contributed by atoms with Crippen LogP contribution in [0.1, 0.15) is 5.89 Å². The molecule has 0 saturated carbocycles. The molecule has 9 heteroatoms. The van der Waals surface area contributed by atoms with Crippen molar-refractivity contribution in [2.45, 2.75) is 5.38 Å². The molecule has 1 unspecified atom stereocenters. The first kappa shape index (κ1) is 15.1. The van der Waals surface area contributed by atoms with Gasteiger partial charge in [-0.1, -0.05) is 17.3 Å². The molecular formula is C11H11ClF2N3O2P. The number of halogens is 3. The molecule has 0 aliphatic heterocycles. The fourth-order valence-electron chi connectivity index (χ4n) is 1.48. The van der Waals surface area contributed by atoms with Crippen LogP contribution in [0.2, 0.25) is 0 Å². The van der Waals surface area contributed by atoms with Gasteiger partial charge in [-0.2, -0.15) is 13.8 Å². The highest BCUT2D eigenvalue weighted by atomic mass is 35.5. The highest BCUT2D eigenvalue weighted by molar-refractivity contribution is 7.68. The second-order valence-corrected chi connectivity index (χ2v) is 7.40. The molecule has 0 aliphatic carbocycles. The Balaban J connectivity index is 2.31. The van der Waals surface area contributed by atoms with Crippen LogP contribution < -0.4 is 10.4 Å². The third-order valence-corrected chi connectivity index (χ3v) is 5.01. The summed E-state index contributed by atoms with van der Waals surface area (Å²) in [6.07, 6.45) is 0. The predicted octanol–water partition coefficient (Wildman–Crippen LogP) is 2.78. The van der Waals surface area contributed by atoms with Gasteiger partial charge in [-0.05, 0) is 30.8 Å². The Bertz CT molecular complexity index is 654. The second-order valence-electron chi connectivity index (χ2n) is 4.12.